The van der Waals surface area contributed by atoms with Gasteiger partial charge >= 0.3 is 0 Å². The molecule has 2 nitrogen and oxygen atoms in total. The first kappa shape index (κ1) is 11.1. The van der Waals surface area contributed by atoms with Gasteiger partial charge in [0.25, 0.3) is 0 Å². The Hall–Kier alpha value is -1.38. The van der Waals surface area contributed by atoms with E-state index in [0.29, 0.717) is 13.0 Å². The summed E-state index contributed by atoms with van der Waals surface area (Å²) in [6.45, 7) is 4.27. The molecule has 2 atom stereocenters. The smallest absolute Gasteiger partial charge is 0.126 e. The topological polar surface area (TPSA) is 29.5 Å². The highest BCUT2D eigenvalue weighted by Crippen LogP contribution is 2.36. The van der Waals surface area contributed by atoms with Gasteiger partial charge in [-0.1, -0.05) is 48.6 Å². The van der Waals surface area contributed by atoms with E-state index in [9.17, 15) is 5.11 Å². The van der Waals surface area contributed by atoms with Gasteiger partial charge in [0.15, 0.2) is 0 Å². The van der Waals surface area contributed by atoms with Crippen molar-refractivity contribution in [2.75, 3.05) is 6.61 Å². The van der Waals surface area contributed by atoms with E-state index in [0.717, 1.165) is 5.56 Å². The zero-order valence-corrected chi connectivity index (χ0v) is 9.17. The van der Waals surface area contributed by atoms with Gasteiger partial charge in [-0.2, -0.15) is 0 Å². The Bertz CT molecular complexity index is 383. The number of ether oxygens (including phenoxy) is 1. The van der Waals surface area contributed by atoms with Gasteiger partial charge in [-0.15, -0.1) is 6.58 Å². The van der Waals surface area contributed by atoms with Gasteiger partial charge in [0.2, 0.25) is 0 Å². The van der Waals surface area contributed by atoms with Crippen molar-refractivity contribution >= 4 is 0 Å². The van der Waals surface area contributed by atoms with Crippen molar-refractivity contribution in [3.8, 4) is 0 Å². The normalized spacial score (nSPS) is 28.9. The van der Waals surface area contributed by atoms with Crippen molar-refractivity contribution < 1.29 is 9.84 Å². The third-order valence-corrected chi connectivity index (χ3v) is 2.94. The molecule has 0 unspecified atom stereocenters. The van der Waals surface area contributed by atoms with Crippen LogP contribution in [0.25, 0.3) is 0 Å². The first-order valence-corrected chi connectivity index (χ1v) is 5.45. The van der Waals surface area contributed by atoms with E-state index in [4.69, 9.17) is 4.74 Å². The van der Waals surface area contributed by atoms with Gasteiger partial charge in [0.05, 0.1) is 6.61 Å². The van der Waals surface area contributed by atoms with E-state index >= 15 is 0 Å². The summed E-state index contributed by atoms with van der Waals surface area (Å²) < 4.78 is 5.80. The molecule has 2 rings (SSSR count). The molecule has 0 aromatic heterocycles. The molecule has 2 heteroatoms. The quantitative estimate of drug-likeness (QED) is 0.786. The summed E-state index contributed by atoms with van der Waals surface area (Å²) in [5.74, 6) is 0. The lowest BCUT2D eigenvalue weighted by Crippen LogP contribution is -2.43. The highest BCUT2D eigenvalue weighted by atomic mass is 16.5. The van der Waals surface area contributed by atoms with Crippen LogP contribution in [-0.4, -0.2) is 17.8 Å². The first-order valence-electron chi connectivity index (χ1n) is 5.45. The van der Waals surface area contributed by atoms with Gasteiger partial charge in [0.1, 0.15) is 11.7 Å². The lowest BCUT2D eigenvalue weighted by Gasteiger charge is -2.38. The van der Waals surface area contributed by atoms with Crippen LogP contribution >= 0.6 is 0 Å². The molecule has 0 saturated heterocycles. The second-order valence-corrected chi connectivity index (χ2v) is 3.93. The van der Waals surface area contributed by atoms with Crippen molar-refractivity contribution in [1.29, 1.82) is 0 Å². The number of aliphatic hydroxyl groups is 1. The van der Waals surface area contributed by atoms with Crippen molar-refractivity contribution in [3.05, 3.63) is 60.7 Å². The Kier molecular flexibility index (Phi) is 3.22. The number of hydrogen-bond acceptors (Lipinski definition) is 2. The van der Waals surface area contributed by atoms with Gasteiger partial charge in [-0.05, 0) is 5.56 Å². The molecule has 1 aliphatic heterocycles. The highest BCUT2D eigenvalue weighted by molar-refractivity contribution is 5.28. The zero-order valence-electron chi connectivity index (χ0n) is 9.17. The lowest BCUT2D eigenvalue weighted by molar-refractivity contribution is -0.111. The summed E-state index contributed by atoms with van der Waals surface area (Å²) in [5, 5.41) is 10.1. The van der Waals surface area contributed by atoms with Gasteiger partial charge < -0.3 is 9.84 Å². The van der Waals surface area contributed by atoms with E-state index in [-0.39, 0.29) is 0 Å². The van der Waals surface area contributed by atoms with Crippen LogP contribution in [0, 0.1) is 0 Å². The third kappa shape index (κ3) is 1.82. The molecule has 0 fully saturated rings. The molecule has 1 aromatic rings. The summed E-state index contributed by atoms with van der Waals surface area (Å²) in [6, 6.07) is 9.82. The molecule has 1 aliphatic rings. The fourth-order valence-electron chi connectivity index (χ4n) is 2.11. The predicted molar refractivity (Wildman–Crippen MR) is 64.0 cm³/mol. The Morgan fingerprint density at radius 1 is 1.44 bits per heavy atom. The largest absolute Gasteiger partial charge is 0.386 e. The Labute approximate surface area is 95.9 Å². The van der Waals surface area contributed by atoms with E-state index < -0.39 is 11.7 Å². The molecule has 0 saturated carbocycles. The van der Waals surface area contributed by atoms with Gasteiger partial charge in [-0.3, -0.25) is 0 Å². The van der Waals surface area contributed by atoms with Gasteiger partial charge in [0, 0.05) is 6.42 Å². The summed E-state index contributed by atoms with van der Waals surface area (Å²) >= 11 is 0. The molecule has 16 heavy (non-hydrogen) atoms. The molecule has 1 N–H and O–H groups in total. The molecule has 0 radical (unpaired) electrons. The summed E-state index contributed by atoms with van der Waals surface area (Å²) in [5.41, 5.74) is 0.323. The van der Waals surface area contributed by atoms with Crippen molar-refractivity contribution in [3.63, 3.8) is 0 Å². The molecule has 84 valence electrons. The third-order valence-electron chi connectivity index (χ3n) is 2.94. The molecule has 0 amide bonds. The van der Waals surface area contributed by atoms with Crippen molar-refractivity contribution in [2.45, 2.75) is 18.1 Å². The molecular formula is C14H16O2. The molecule has 1 heterocycles. The fourth-order valence-corrected chi connectivity index (χ4v) is 2.11. The average Bonchev–Trinajstić information content (AvgIpc) is 2.34. The second kappa shape index (κ2) is 4.64. The molecule has 0 bridgehead atoms. The summed E-state index contributed by atoms with van der Waals surface area (Å²) in [6.07, 6.45) is 5.40. The van der Waals surface area contributed by atoms with Crippen LogP contribution < -0.4 is 0 Å². The lowest BCUT2D eigenvalue weighted by atomic mass is 9.83. The Balaban J connectivity index is 2.43. The van der Waals surface area contributed by atoms with Crippen LogP contribution in [0.3, 0.4) is 0 Å². The number of hydrogen-bond donors (Lipinski definition) is 1. The van der Waals surface area contributed by atoms with Crippen LogP contribution in [0.1, 0.15) is 12.0 Å². The second-order valence-electron chi connectivity index (χ2n) is 3.93. The first-order chi connectivity index (χ1) is 7.79. The van der Waals surface area contributed by atoms with Crippen LogP contribution in [0.5, 0.6) is 0 Å². The predicted octanol–water partition coefficient (Wildman–Crippen LogP) is 2.41. The number of benzene rings is 1. The minimum Gasteiger partial charge on any atom is -0.386 e. The fraction of sp³-hybridized carbons (Fsp3) is 0.286. The molecule has 0 aliphatic carbocycles. The summed E-state index contributed by atoms with van der Waals surface area (Å²) in [7, 11) is 0. The maximum absolute atomic E-state index is 10.1. The molecular weight excluding hydrogens is 200 g/mol. The molecule has 1 aromatic carbocycles. The van der Waals surface area contributed by atoms with E-state index in [1.54, 1.807) is 12.2 Å². The van der Waals surface area contributed by atoms with Crippen LogP contribution in [0.2, 0.25) is 0 Å². The number of rotatable bonds is 3. The number of aliphatic hydroxyl groups excluding tert-OH is 1. The van der Waals surface area contributed by atoms with Crippen LogP contribution in [-0.2, 0) is 10.3 Å². The van der Waals surface area contributed by atoms with Gasteiger partial charge in [-0.25, -0.2) is 0 Å². The van der Waals surface area contributed by atoms with E-state index in [1.165, 1.54) is 0 Å². The highest BCUT2D eigenvalue weighted by Gasteiger charge is 2.39. The van der Waals surface area contributed by atoms with E-state index in [1.807, 2.05) is 36.4 Å². The Morgan fingerprint density at radius 3 is 2.81 bits per heavy atom. The van der Waals surface area contributed by atoms with Crippen molar-refractivity contribution in [2.24, 2.45) is 0 Å². The van der Waals surface area contributed by atoms with Crippen LogP contribution in [0.4, 0.5) is 0 Å². The minimum atomic E-state index is -0.669. The monoisotopic (exact) mass is 216 g/mol. The van der Waals surface area contributed by atoms with Crippen molar-refractivity contribution in [1.82, 2.24) is 0 Å². The zero-order chi connectivity index (χ0) is 11.4. The standard InChI is InChI=1S/C14H16O2/c1-2-10-14(12-7-4-3-5-8-12)13(15)9-6-11-16-14/h2-9,13,15H,1,10-11H2/t13-,14+/m0/s1. The maximum Gasteiger partial charge on any atom is 0.126 e. The minimum absolute atomic E-state index is 0.528. The van der Waals surface area contributed by atoms with Crippen LogP contribution in [0.15, 0.2) is 55.1 Å². The SMILES string of the molecule is C=CC[C@]1(c2ccccc2)OCC=C[C@@H]1O. The maximum atomic E-state index is 10.1. The summed E-state index contributed by atoms with van der Waals surface area (Å²) in [4.78, 5) is 0. The average molecular weight is 216 g/mol. The molecule has 0 spiro atoms. The van der Waals surface area contributed by atoms with E-state index in [2.05, 4.69) is 6.58 Å². The Morgan fingerprint density at radius 2 is 2.19 bits per heavy atom.